The predicted octanol–water partition coefficient (Wildman–Crippen LogP) is 4.93. The number of nitrogens with one attached hydrogen (secondary N) is 2. The molecule has 42 heavy (non-hydrogen) atoms. The van der Waals surface area contributed by atoms with Crippen LogP contribution >= 0.6 is 7.60 Å². The molecule has 234 valence electrons. The molecule has 1 aromatic carbocycles. The van der Waals surface area contributed by atoms with Crippen molar-refractivity contribution < 1.29 is 46.9 Å². The molecule has 0 aliphatic carbocycles. The molecular formula is C29H43N2O10P. The van der Waals surface area contributed by atoms with Crippen LogP contribution in [-0.4, -0.2) is 68.5 Å². The van der Waals surface area contributed by atoms with E-state index in [0.717, 1.165) is 12.8 Å². The molecule has 1 aromatic rings. The van der Waals surface area contributed by atoms with Crippen molar-refractivity contribution in [2.45, 2.75) is 91.3 Å². The number of carbonyl (C=O) groups excluding carboxylic acids is 3. The summed E-state index contributed by atoms with van der Waals surface area (Å²) in [6, 6.07) is 4.79. The Morgan fingerprint density at radius 2 is 1.79 bits per heavy atom. The van der Waals surface area contributed by atoms with Crippen molar-refractivity contribution >= 4 is 31.3 Å². The maximum atomic E-state index is 13.1. The van der Waals surface area contributed by atoms with Gasteiger partial charge < -0.3 is 38.6 Å². The second kappa shape index (κ2) is 17.8. The van der Waals surface area contributed by atoms with Gasteiger partial charge in [0.25, 0.3) is 0 Å². The number of hydrogen-bond acceptors (Lipinski definition) is 10. The second-order valence-corrected chi connectivity index (χ2v) is 11.8. The van der Waals surface area contributed by atoms with Gasteiger partial charge in [-0.25, -0.2) is 4.79 Å². The molecule has 2 amide bonds. The Morgan fingerprint density at radius 1 is 1.10 bits per heavy atom. The molecule has 1 saturated heterocycles. The number of rotatable bonds is 16. The van der Waals surface area contributed by atoms with Crippen LogP contribution in [0, 0.1) is 19.3 Å². The van der Waals surface area contributed by atoms with Crippen molar-refractivity contribution in [2.24, 2.45) is 0 Å². The molecule has 0 bridgehead atoms. The van der Waals surface area contributed by atoms with Crippen molar-refractivity contribution in [3.63, 3.8) is 0 Å². The minimum absolute atomic E-state index is 0.0119. The van der Waals surface area contributed by atoms with E-state index >= 15 is 0 Å². The van der Waals surface area contributed by atoms with Crippen LogP contribution in [-0.2, 0) is 37.4 Å². The van der Waals surface area contributed by atoms with Crippen LogP contribution in [0.1, 0.15) is 65.4 Å². The maximum absolute atomic E-state index is 13.1. The topological polar surface area (TPSA) is 148 Å². The summed E-state index contributed by atoms with van der Waals surface area (Å²) in [6.07, 6.45) is 4.15. The molecule has 1 heterocycles. The lowest BCUT2D eigenvalue weighted by Gasteiger charge is -2.40. The first kappa shape index (κ1) is 35.1. The smallest absolute Gasteiger partial charge is 0.330 e. The highest BCUT2D eigenvalue weighted by Gasteiger charge is 2.45. The number of hydrogen-bond donors (Lipinski definition) is 2. The van der Waals surface area contributed by atoms with Crippen molar-refractivity contribution in [2.75, 3.05) is 31.2 Å². The van der Waals surface area contributed by atoms with Crippen molar-refractivity contribution in [3.05, 3.63) is 23.8 Å². The quantitative estimate of drug-likeness (QED) is 0.114. The van der Waals surface area contributed by atoms with Gasteiger partial charge in [-0.05, 0) is 63.8 Å². The Balaban J connectivity index is 2.16. The van der Waals surface area contributed by atoms with Gasteiger partial charge in [-0.15, -0.1) is 12.3 Å². The lowest BCUT2D eigenvalue weighted by Crippen LogP contribution is -2.53. The van der Waals surface area contributed by atoms with E-state index in [0.29, 0.717) is 30.0 Å². The number of amides is 2. The molecule has 1 fully saturated rings. The molecule has 1 aliphatic heterocycles. The largest absolute Gasteiger partial charge is 0.465 e. The van der Waals surface area contributed by atoms with Gasteiger partial charge >= 0.3 is 25.6 Å². The molecule has 4 atom stereocenters. The number of unbranched alkanes of at least 4 members (excludes halogenated alkanes) is 2. The summed E-state index contributed by atoms with van der Waals surface area (Å²) in [7, 11) is -3.43. The van der Waals surface area contributed by atoms with Crippen LogP contribution in [0.2, 0.25) is 0 Å². The fraction of sp³-hybridized carbons (Fsp3) is 0.621. The Morgan fingerprint density at radius 3 is 2.38 bits per heavy atom. The Bertz CT molecular complexity index is 1130. The average Bonchev–Trinajstić information content (AvgIpc) is 2.90. The van der Waals surface area contributed by atoms with Gasteiger partial charge in [0.2, 0.25) is 6.29 Å². The monoisotopic (exact) mass is 610 g/mol. The molecule has 0 spiro atoms. The van der Waals surface area contributed by atoms with Crippen LogP contribution in [0.5, 0.6) is 5.75 Å². The Labute approximate surface area is 248 Å². The summed E-state index contributed by atoms with van der Waals surface area (Å²) >= 11 is 0. The molecule has 0 unspecified atom stereocenters. The minimum atomic E-state index is -3.43. The minimum Gasteiger partial charge on any atom is -0.465 e. The zero-order valence-electron chi connectivity index (χ0n) is 25.0. The summed E-state index contributed by atoms with van der Waals surface area (Å²) in [4.78, 5) is 36.1. The van der Waals surface area contributed by atoms with Crippen molar-refractivity contribution in [1.29, 1.82) is 0 Å². The summed E-state index contributed by atoms with van der Waals surface area (Å²) < 4.78 is 47.2. The van der Waals surface area contributed by atoms with Gasteiger partial charge in [0.05, 0.1) is 25.8 Å². The molecule has 0 saturated carbocycles. The van der Waals surface area contributed by atoms with Crippen LogP contribution in [0.4, 0.5) is 10.5 Å². The SMILES string of the molecule is C#CCCCCNC(=O)Nc1ccc(O[C@@H]2C[C@H](OC(C)=O)[C@H](OC(C)=O)[C@@H](CCP(=O)(OCC)OCC)O2)c(C)c1. The normalized spacial score (nSPS) is 20.2. The third kappa shape index (κ3) is 12.0. The number of anilines is 1. The lowest BCUT2D eigenvalue weighted by atomic mass is 9.99. The summed E-state index contributed by atoms with van der Waals surface area (Å²) in [6.45, 7) is 8.63. The van der Waals surface area contributed by atoms with Gasteiger partial charge in [0.1, 0.15) is 18.0 Å². The third-order valence-corrected chi connectivity index (χ3v) is 8.28. The van der Waals surface area contributed by atoms with Gasteiger partial charge in [-0.1, -0.05) is 0 Å². The van der Waals surface area contributed by atoms with E-state index in [9.17, 15) is 18.9 Å². The number of carbonyl (C=O) groups is 3. The molecule has 2 N–H and O–H groups in total. The number of benzene rings is 1. The van der Waals surface area contributed by atoms with E-state index in [1.165, 1.54) is 13.8 Å². The van der Waals surface area contributed by atoms with Gasteiger partial charge in [-0.2, -0.15) is 0 Å². The molecule has 2 rings (SSSR count). The zero-order chi connectivity index (χ0) is 31.1. The fourth-order valence-corrected chi connectivity index (χ4v) is 6.14. The highest BCUT2D eigenvalue weighted by molar-refractivity contribution is 7.53. The van der Waals surface area contributed by atoms with E-state index in [4.69, 9.17) is 34.4 Å². The van der Waals surface area contributed by atoms with Crippen LogP contribution < -0.4 is 15.4 Å². The Hall–Kier alpha value is -3.10. The van der Waals surface area contributed by atoms with Crippen molar-refractivity contribution in [3.8, 4) is 18.1 Å². The zero-order valence-corrected chi connectivity index (χ0v) is 25.9. The summed E-state index contributed by atoms with van der Waals surface area (Å²) in [5, 5.41) is 5.57. The Kier molecular flexibility index (Phi) is 14.8. The van der Waals surface area contributed by atoms with E-state index in [2.05, 4.69) is 16.6 Å². The molecule has 12 nitrogen and oxygen atoms in total. The molecular weight excluding hydrogens is 567 g/mol. The maximum Gasteiger partial charge on any atom is 0.330 e. The third-order valence-electron chi connectivity index (χ3n) is 6.17. The van der Waals surface area contributed by atoms with Gasteiger partial charge in [0.15, 0.2) is 6.10 Å². The van der Waals surface area contributed by atoms with E-state index in [1.807, 2.05) is 6.92 Å². The number of aryl methyl sites for hydroxylation is 1. The highest BCUT2D eigenvalue weighted by atomic mass is 31.2. The summed E-state index contributed by atoms with van der Waals surface area (Å²) in [5.41, 5.74) is 1.28. The first-order valence-corrected chi connectivity index (χ1v) is 15.9. The number of ether oxygens (including phenoxy) is 4. The van der Waals surface area contributed by atoms with Gasteiger partial charge in [0, 0.05) is 32.5 Å². The number of terminal acetylenes is 1. The molecule has 1 aliphatic rings. The van der Waals surface area contributed by atoms with E-state index in [1.54, 1.807) is 32.0 Å². The highest BCUT2D eigenvalue weighted by Crippen LogP contribution is 2.49. The summed E-state index contributed by atoms with van der Waals surface area (Å²) in [5.74, 6) is 1.89. The predicted molar refractivity (Wildman–Crippen MR) is 156 cm³/mol. The van der Waals surface area contributed by atoms with Crippen LogP contribution in [0.25, 0.3) is 0 Å². The first-order valence-electron chi connectivity index (χ1n) is 14.1. The number of urea groups is 1. The molecule has 0 radical (unpaired) electrons. The van der Waals surface area contributed by atoms with E-state index in [-0.39, 0.29) is 38.2 Å². The van der Waals surface area contributed by atoms with Crippen LogP contribution in [0.3, 0.4) is 0 Å². The molecule has 13 heteroatoms. The van der Waals surface area contributed by atoms with Gasteiger partial charge in [-0.3, -0.25) is 14.2 Å². The second-order valence-electron chi connectivity index (χ2n) is 9.66. The van der Waals surface area contributed by atoms with Crippen LogP contribution in [0.15, 0.2) is 18.2 Å². The lowest BCUT2D eigenvalue weighted by molar-refractivity contribution is -0.238. The standard InChI is InChI=1S/C29H43N2O10P/c1-7-10-11-12-16-30-29(34)31-23-13-14-24(20(4)18-23)40-27-19-26(38-21(5)32)28(39-22(6)33)25(41-27)15-17-42(35,36-8-2)37-9-3/h1,13-14,18,25-28H,8-12,15-17,19H2,2-6H3,(H2,30,31,34)/t25-,26+,27+,28-/m1/s1. The average molecular weight is 611 g/mol. The first-order chi connectivity index (χ1) is 20.0. The fourth-order valence-electron chi connectivity index (χ4n) is 4.45. The van der Waals surface area contributed by atoms with E-state index < -0.39 is 44.1 Å². The molecule has 0 aromatic heterocycles. The number of esters is 2. The van der Waals surface area contributed by atoms with Crippen molar-refractivity contribution in [1.82, 2.24) is 5.32 Å².